The molecule has 1 aromatic carbocycles. The number of carbonyl (C=O) groups excluding carboxylic acids is 1. The number of nitrogens with one attached hydrogen (secondary N) is 1. The van der Waals surface area contributed by atoms with Gasteiger partial charge in [0.25, 0.3) is 0 Å². The lowest BCUT2D eigenvalue weighted by molar-refractivity contribution is -0.121. The Bertz CT molecular complexity index is 442. The summed E-state index contributed by atoms with van der Waals surface area (Å²) in [5.41, 5.74) is 6.82. The highest BCUT2D eigenvalue weighted by atomic mass is 79.9. The molecule has 1 saturated carbocycles. The van der Waals surface area contributed by atoms with E-state index in [9.17, 15) is 4.79 Å². The third kappa shape index (κ3) is 5.08. The van der Waals surface area contributed by atoms with Crippen molar-refractivity contribution in [3.8, 4) is 0 Å². The highest BCUT2D eigenvalue weighted by Gasteiger charge is 2.25. The average molecular weight is 362 g/mol. The van der Waals surface area contributed by atoms with Crippen molar-refractivity contribution in [1.82, 2.24) is 5.32 Å². The first-order chi connectivity index (χ1) is 9.19. The number of amides is 1. The summed E-state index contributed by atoms with van der Waals surface area (Å²) >= 11 is 3.42. The quantitative estimate of drug-likeness (QED) is 0.866. The molecule has 112 valence electrons. The molecule has 1 aromatic rings. The van der Waals surface area contributed by atoms with Gasteiger partial charge in [-0.05, 0) is 43.0 Å². The molecule has 1 fully saturated rings. The van der Waals surface area contributed by atoms with Crippen LogP contribution in [0, 0.1) is 5.92 Å². The number of hydrogen-bond donors (Lipinski definition) is 2. The van der Waals surface area contributed by atoms with Crippen molar-refractivity contribution in [1.29, 1.82) is 0 Å². The van der Waals surface area contributed by atoms with Gasteiger partial charge in [0.2, 0.25) is 5.91 Å². The van der Waals surface area contributed by atoms with Crippen molar-refractivity contribution >= 4 is 34.2 Å². The van der Waals surface area contributed by atoms with Crippen molar-refractivity contribution in [3.05, 3.63) is 34.3 Å². The van der Waals surface area contributed by atoms with E-state index in [0.29, 0.717) is 18.9 Å². The summed E-state index contributed by atoms with van der Waals surface area (Å²) in [5, 5.41) is 3.15. The lowest BCUT2D eigenvalue weighted by atomic mass is 9.84. The zero-order chi connectivity index (χ0) is 13.7. The number of rotatable bonds is 4. The topological polar surface area (TPSA) is 55.1 Å². The van der Waals surface area contributed by atoms with Gasteiger partial charge in [0.1, 0.15) is 0 Å². The zero-order valence-electron chi connectivity index (χ0n) is 11.5. The molecule has 3 nitrogen and oxygen atoms in total. The second-order valence-corrected chi connectivity index (χ2v) is 6.18. The van der Waals surface area contributed by atoms with Crippen LogP contribution in [0.4, 0.5) is 0 Å². The third-order valence-corrected chi connectivity index (χ3v) is 4.31. The Hall–Kier alpha value is -0.580. The van der Waals surface area contributed by atoms with E-state index in [1.54, 1.807) is 0 Å². The molecule has 20 heavy (non-hydrogen) atoms. The van der Waals surface area contributed by atoms with E-state index in [1.807, 2.05) is 24.3 Å². The number of hydrogen-bond acceptors (Lipinski definition) is 2. The molecule has 0 aromatic heterocycles. The van der Waals surface area contributed by atoms with E-state index < -0.39 is 0 Å². The Kier molecular flexibility index (Phi) is 7.56. The van der Waals surface area contributed by atoms with Gasteiger partial charge in [-0.1, -0.05) is 40.9 Å². The Morgan fingerprint density at radius 1 is 1.35 bits per heavy atom. The van der Waals surface area contributed by atoms with Crippen molar-refractivity contribution in [2.45, 2.75) is 38.1 Å². The summed E-state index contributed by atoms with van der Waals surface area (Å²) in [6, 6.07) is 8.15. The smallest absolute Gasteiger partial charge is 0.224 e. The van der Waals surface area contributed by atoms with Crippen LogP contribution < -0.4 is 11.1 Å². The average Bonchev–Trinajstić information content (AvgIpc) is 2.39. The number of benzene rings is 1. The van der Waals surface area contributed by atoms with Crippen LogP contribution in [-0.4, -0.2) is 18.5 Å². The van der Waals surface area contributed by atoms with Gasteiger partial charge in [-0.3, -0.25) is 4.79 Å². The monoisotopic (exact) mass is 360 g/mol. The summed E-state index contributed by atoms with van der Waals surface area (Å²) in [6.45, 7) is 0.668. The van der Waals surface area contributed by atoms with Gasteiger partial charge in [0, 0.05) is 10.5 Å². The maximum absolute atomic E-state index is 12.1. The molecule has 0 bridgehead atoms. The minimum absolute atomic E-state index is 0. The van der Waals surface area contributed by atoms with E-state index in [4.69, 9.17) is 5.73 Å². The Morgan fingerprint density at radius 2 is 2.10 bits per heavy atom. The van der Waals surface area contributed by atoms with E-state index in [2.05, 4.69) is 21.2 Å². The molecule has 0 heterocycles. The van der Waals surface area contributed by atoms with Crippen LogP contribution in [0.5, 0.6) is 0 Å². The summed E-state index contributed by atoms with van der Waals surface area (Å²) in [7, 11) is 0. The van der Waals surface area contributed by atoms with Gasteiger partial charge in [-0.15, -0.1) is 12.4 Å². The maximum atomic E-state index is 12.1. The van der Waals surface area contributed by atoms with E-state index >= 15 is 0 Å². The molecule has 0 spiro atoms. The van der Waals surface area contributed by atoms with Crippen molar-refractivity contribution < 1.29 is 4.79 Å². The van der Waals surface area contributed by atoms with Gasteiger partial charge in [-0.2, -0.15) is 0 Å². The first-order valence-electron chi connectivity index (χ1n) is 6.93. The van der Waals surface area contributed by atoms with Gasteiger partial charge in [0.05, 0.1) is 6.42 Å². The normalized spacial score (nSPS) is 21.9. The molecule has 3 N–H and O–H groups in total. The van der Waals surface area contributed by atoms with Crippen LogP contribution in [0.15, 0.2) is 28.7 Å². The van der Waals surface area contributed by atoms with E-state index in [1.165, 1.54) is 12.8 Å². The Morgan fingerprint density at radius 3 is 2.80 bits per heavy atom. The number of nitrogens with two attached hydrogens (primary N) is 1. The van der Waals surface area contributed by atoms with Crippen molar-refractivity contribution in [2.24, 2.45) is 11.7 Å². The van der Waals surface area contributed by atoms with Crippen LogP contribution >= 0.6 is 28.3 Å². The number of halogens is 2. The van der Waals surface area contributed by atoms with Crippen LogP contribution in [0.2, 0.25) is 0 Å². The summed E-state index contributed by atoms with van der Waals surface area (Å²) in [4.78, 5) is 12.1. The molecule has 1 aliphatic rings. The van der Waals surface area contributed by atoms with E-state index in [-0.39, 0.29) is 24.4 Å². The molecule has 2 atom stereocenters. The summed E-state index contributed by atoms with van der Waals surface area (Å²) in [5.74, 6) is 0.545. The molecular formula is C15H22BrClN2O. The third-order valence-electron chi connectivity index (χ3n) is 3.81. The highest BCUT2D eigenvalue weighted by Crippen LogP contribution is 2.23. The molecule has 0 radical (unpaired) electrons. The molecule has 0 aliphatic heterocycles. The SMILES string of the molecule is Cl.NCC1CCCCC1NC(=O)Cc1cccc(Br)c1. The highest BCUT2D eigenvalue weighted by molar-refractivity contribution is 9.10. The van der Waals surface area contributed by atoms with Gasteiger partial charge >= 0.3 is 0 Å². The minimum atomic E-state index is 0. The van der Waals surface area contributed by atoms with Gasteiger partial charge in [-0.25, -0.2) is 0 Å². The van der Waals surface area contributed by atoms with Crippen LogP contribution in [-0.2, 0) is 11.2 Å². The lowest BCUT2D eigenvalue weighted by Gasteiger charge is -2.31. The minimum Gasteiger partial charge on any atom is -0.353 e. The van der Waals surface area contributed by atoms with Crippen molar-refractivity contribution in [2.75, 3.05) is 6.54 Å². The molecule has 5 heteroatoms. The lowest BCUT2D eigenvalue weighted by Crippen LogP contribution is -2.45. The van der Waals surface area contributed by atoms with Crippen LogP contribution in [0.25, 0.3) is 0 Å². The maximum Gasteiger partial charge on any atom is 0.224 e. The van der Waals surface area contributed by atoms with Crippen molar-refractivity contribution in [3.63, 3.8) is 0 Å². The molecule has 1 aliphatic carbocycles. The first-order valence-corrected chi connectivity index (χ1v) is 7.72. The molecule has 2 rings (SSSR count). The first kappa shape index (κ1) is 17.5. The van der Waals surface area contributed by atoms with Crippen LogP contribution in [0.1, 0.15) is 31.2 Å². The largest absolute Gasteiger partial charge is 0.353 e. The summed E-state index contributed by atoms with van der Waals surface area (Å²) in [6.07, 6.45) is 5.07. The molecule has 1 amide bonds. The Balaban J connectivity index is 0.00000200. The Labute approximate surface area is 135 Å². The predicted molar refractivity (Wildman–Crippen MR) is 88.0 cm³/mol. The number of carbonyl (C=O) groups is 1. The predicted octanol–water partition coefficient (Wildman–Crippen LogP) is 3.05. The van der Waals surface area contributed by atoms with E-state index in [0.717, 1.165) is 22.9 Å². The molecule has 2 unspecified atom stereocenters. The second-order valence-electron chi connectivity index (χ2n) is 5.26. The van der Waals surface area contributed by atoms with Gasteiger partial charge < -0.3 is 11.1 Å². The molecular weight excluding hydrogens is 340 g/mol. The fourth-order valence-electron chi connectivity index (χ4n) is 2.77. The summed E-state index contributed by atoms with van der Waals surface area (Å²) < 4.78 is 1.01. The second kappa shape index (κ2) is 8.65. The fourth-order valence-corrected chi connectivity index (χ4v) is 3.22. The fraction of sp³-hybridized carbons (Fsp3) is 0.533. The van der Waals surface area contributed by atoms with Gasteiger partial charge in [0.15, 0.2) is 0 Å². The standard InChI is InChI=1S/C15H21BrN2O.ClH/c16-13-6-3-4-11(8-13)9-15(19)18-14-7-2-1-5-12(14)10-17;/h3-4,6,8,12,14H,1-2,5,7,9-10,17H2,(H,18,19);1H. The van der Waals surface area contributed by atoms with Crippen LogP contribution in [0.3, 0.4) is 0 Å². The molecule has 0 saturated heterocycles. The zero-order valence-corrected chi connectivity index (χ0v) is 13.9.